The molecule has 2 N–H and O–H groups in total. The van der Waals surface area contributed by atoms with Crippen LogP contribution < -0.4 is 10.6 Å². The van der Waals surface area contributed by atoms with Gasteiger partial charge >= 0.3 is 0 Å². The monoisotopic (exact) mass is 312 g/mol. The molecule has 1 unspecified atom stereocenters. The summed E-state index contributed by atoms with van der Waals surface area (Å²) >= 11 is 0. The van der Waals surface area contributed by atoms with Gasteiger partial charge in [0.05, 0.1) is 11.0 Å². The summed E-state index contributed by atoms with van der Waals surface area (Å²) in [5, 5.41) is 6.05. The van der Waals surface area contributed by atoms with Crippen molar-refractivity contribution in [2.75, 3.05) is 29.5 Å². The zero-order chi connectivity index (χ0) is 15.5. The topological polar surface area (TPSA) is 84.0 Å². The maximum atomic E-state index is 11.8. The first kappa shape index (κ1) is 16.0. The molecule has 0 aromatic carbocycles. The lowest BCUT2D eigenvalue weighted by molar-refractivity contribution is 0.591. The van der Waals surface area contributed by atoms with Crippen LogP contribution in [-0.4, -0.2) is 42.5 Å². The van der Waals surface area contributed by atoms with Gasteiger partial charge in [0.25, 0.3) is 0 Å². The van der Waals surface area contributed by atoms with E-state index in [0.29, 0.717) is 18.1 Å². The van der Waals surface area contributed by atoms with E-state index in [0.717, 1.165) is 31.0 Å². The van der Waals surface area contributed by atoms with Crippen LogP contribution in [0.4, 0.5) is 11.6 Å². The van der Waals surface area contributed by atoms with Crippen molar-refractivity contribution in [3.8, 4) is 0 Å². The lowest BCUT2D eigenvalue weighted by Gasteiger charge is -2.14. The van der Waals surface area contributed by atoms with E-state index in [4.69, 9.17) is 0 Å². The number of nitrogens with one attached hydrogen (secondary N) is 2. The third-order valence-electron chi connectivity index (χ3n) is 3.59. The Balaban J connectivity index is 2.11. The summed E-state index contributed by atoms with van der Waals surface area (Å²) in [5.41, 5.74) is 0. The van der Waals surface area contributed by atoms with Crippen LogP contribution in [0.2, 0.25) is 0 Å². The molecule has 1 fully saturated rings. The van der Waals surface area contributed by atoms with E-state index in [9.17, 15) is 8.42 Å². The number of rotatable bonds is 6. The molecule has 2 rings (SSSR count). The van der Waals surface area contributed by atoms with Crippen molar-refractivity contribution in [2.45, 2.75) is 44.8 Å². The van der Waals surface area contributed by atoms with Crippen LogP contribution in [0, 0.1) is 0 Å². The number of hydrogen-bond acceptors (Lipinski definition) is 6. The molecule has 1 aliphatic heterocycles. The Labute approximate surface area is 126 Å². The SMILES string of the molecule is CCNc1cc(NCC2CCCS2(=O)=O)nc(C(C)C)n1. The second kappa shape index (κ2) is 6.60. The Hall–Kier alpha value is -1.37. The third-order valence-corrected chi connectivity index (χ3v) is 5.87. The maximum Gasteiger partial charge on any atom is 0.154 e. The Morgan fingerprint density at radius 3 is 2.48 bits per heavy atom. The molecule has 1 atom stereocenters. The average molecular weight is 312 g/mol. The zero-order valence-corrected chi connectivity index (χ0v) is 13.7. The molecule has 0 saturated carbocycles. The second-order valence-corrected chi connectivity index (χ2v) is 8.09. The fourth-order valence-corrected chi connectivity index (χ4v) is 4.16. The van der Waals surface area contributed by atoms with Crippen LogP contribution >= 0.6 is 0 Å². The highest BCUT2D eigenvalue weighted by Gasteiger charge is 2.30. The van der Waals surface area contributed by atoms with E-state index in [2.05, 4.69) is 20.6 Å². The van der Waals surface area contributed by atoms with Crippen LogP contribution in [0.5, 0.6) is 0 Å². The first-order valence-corrected chi connectivity index (χ1v) is 9.22. The van der Waals surface area contributed by atoms with Crippen molar-refractivity contribution in [1.29, 1.82) is 0 Å². The fourth-order valence-electron chi connectivity index (χ4n) is 2.39. The Kier molecular flexibility index (Phi) is 5.03. The first-order chi connectivity index (χ1) is 9.92. The van der Waals surface area contributed by atoms with Gasteiger partial charge in [-0.25, -0.2) is 18.4 Å². The van der Waals surface area contributed by atoms with E-state index in [1.807, 2.05) is 26.8 Å². The summed E-state index contributed by atoms with van der Waals surface area (Å²) in [4.78, 5) is 8.92. The van der Waals surface area contributed by atoms with Gasteiger partial charge in [-0.1, -0.05) is 13.8 Å². The van der Waals surface area contributed by atoms with Crippen molar-refractivity contribution >= 4 is 21.5 Å². The average Bonchev–Trinajstić information content (AvgIpc) is 2.75. The summed E-state index contributed by atoms with van der Waals surface area (Å²) in [6, 6.07) is 1.83. The summed E-state index contributed by atoms with van der Waals surface area (Å²) in [7, 11) is -2.93. The lowest BCUT2D eigenvalue weighted by Crippen LogP contribution is -2.25. The molecular weight excluding hydrogens is 288 g/mol. The molecule has 2 heterocycles. The molecule has 0 radical (unpaired) electrons. The molecule has 0 spiro atoms. The minimum absolute atomic E-state index is 0.222. The number of sulfone groups is 1. The number of anilines is 2. The second-order valence-electron chi connectivity index (χ2n) is 5.69. The molecule has 6 nitrogen and oxygen atoms in total. The van der Waals surface area contributed by atoms with Crippen molar-refractivity contribution in [3.63, 3.8) is 0 Å². The van der Waals surface area contributed by atoms with Gasteiger partial charge in [0, 0.05) is 25.1 Å². The van der Waals surface area contributed by atoms with Crippen LogP contribution in [0.1, 0.15) is 45.4 Å². The molecule has 1 aromatic rings. The maximum absolute atomic E-state index is 11.8. The molecule has 21 heavy (non-hydrogen) atoms. The Morgan fingerprint density at radius 2 is 1.95 bits per heavy atom. The van der Waals surface area contributed by atoms with Gasteiger partial charge in [-0.05, 0) is 19.8 Å². The van der Waals surface area contributed by atoms with Gasteiger partial charge in [0.2, 0.25) is 0 Å². The zero-order valence-electron chi connectivity index (χ0n) is 12.9. The molecule has 0 aliphatic carbocycles. The fraction of sp³-hybridized carbons (Fsp3) is 0.714. The van der Waals surface area contributed by atoms with E-state index in [1.54, 1.807) is 0 Å². The predicted octanol–water partition coefficient (Wildman–Crippen LogP) is 2.02. The van der Waals surface area contributed by atoms with E-state index in [-0.39, 0.29) is 11.2 Å². The molecule has 1 aromatic heterocycles. The van der Waals surface area contributed by atoms with E-state index in [1.165, 1.54) is 0 Å². The molecule has 118 valence electrons. The van der Waals surface area contributed by atoms with Crippen LogP contribution in [0.3, 0.4) is 0 Å². The highest BCUT2D eigenvalue weighted by atomic mass is 32.2. The summed E-state index contributed by atoms with van der Waals surface area (Å²) in [5.74, 6) is 2.74. The minimum Gasteiger partial charge on any atom is -0.370 e. The number of hydrogen-bond donors (Lipinski definition) is 2. The normalized spacial score (nSPS) is 20.7. The molecule has 0 amide bonds. The first-order valence-electron chi connectivity index (χ1n) is 7.50. The lowest BCUT2D eigenvalue weighted by atomic mass is 10.2. The summed E-state index contributed by atoms with van der Waals surface area (Å²) in [6.45, 7) is 7.29. The molecule has 7 heteroatoms. The van der Waals surface area contributed by atoms with E-state index >= 15 is 0 Å². The molecule has 1 aliphatic rings. The van der Waals surface area contributed by atoms with Gasteiger partial charge in [0.15, 0.2) is 9.84 Å². The molecule has 0 bridgehead atoms. The smallest absolute Gasteiger partial charge is 0.154 e. The molecule has 1 saturated heterocycles. The molecular formula is C14H24N4O2S. The third kappa shape index (κ3) is 4.06. The largest absolute Gasteiger partial charge is 0.370 e. The van der Waals surface area contributed by atoms with Crippen LogP contribution in [0.15, 0.2) is 6.07 Å². The summed E-state index contributed by atoms with van der Waals surface area (Å²) in [6.07, 6.45) is 1.50. The van der Waals surface area contributed by atoms with Gasteiger partial charge in [-0.3, -0.25) is 0 Å². The number of aromatic nitrogens is 2. The minimum atomic E-state index is -2.93. The van der Waals surface area contributed by atoms with Crippen molar-refractivity contribution in [3.05, 3.63) is 11.9 Å². The van der Waals surface area contributed by atoms with Crippen LogP contribution in [-0.2, 0) is 9.84 Å². The highest BCUT2D eigenvalue weighted by Crippen LogP contribution is 2.21. The van der Waals surface area contributed by atoms with Gasteiger partial charge < -0.3 is 10.6 Å². The Morgan fingerprint density at radius 1 is 1.29 bits per heavy atom. The predicted molar refractivity (Wildman–Crippen MR) is 85.6 cm³/mol. The quantitative estimate of drug-likeness (QED) is 0.836. The highest BCUT2D eigenvalue weighted by molar-refractivity contribution is 7.92. The van der Waals surface area contributed by atoms with Crippen molar-refractivity contribution in [1.82, 2.24) is 9.97 Å². The van der Waals surface area contributed by atoms with Crippen molar-refractivity contribution in [2.24, 2.45) is 0 Å². The Bertz CT molecular complexity index is 587. The van der Waals surface area contributed by atoms with E-state index < -0.39 is 9.84 Å². The van der Waals surface area contributed by atoms with Gasteiger partial charge in [-0.15, -0.1) is 0 Å². The van der Waals surface area contributed by atoms with Gasteiger partial charge in [-0.2, -0.15) is 0 Å². The standard InChI is InChI=1S/C14H24N4O2S/c1-4-15-12-8-13(18-14(17-12)10(2)3)16-9-11-6-5-7-21(11,19)20/h8,10-11H,4-7,9H2,1-3H3,(H2,15,16,17,18). The number of nitrogens with zero attached hydrogens (tertiary/aromatic N) is 2. The van der Waals surface area contributed by atoms with Crippen LogP contribution in [0.25, 0.3) is 0 Å². The summed E-state index contributed by atoms with van der Waals surface area (Å²) < 4.78 is 23.7. The van der Waals surface area contributed by atoms with Gasteiger partial charge in [0.1, 0.15) is 17.5 Å². The van der Waals surface area contributed by atoms with Crippen molar-refractivity contribution < 1.29 is 8.42 Å².